The normalized spacial score (nSPS) is 12.5. The number of hydrogen-bond acceptors (Lipinski definition) is 6. The van der Waals surface area contributed by atoms with Crippen LogP contribution in [0.1, 0.15) is 74.1 Å². The van der Waals surface area contributed by atoms with Gasteiger partial charge in [-0.3, -0.25) is 14.4 Å². The summed E-state index contributed by atoms with van der Waals surface area (Å²) in [4.78, 5) is 39.0. The van der Waals surface area contributed by atoms with Crippen LogP contribution >= 0.6 is 11.3 Å². The van der Waals surface area contributed by atoms with Gasteiger partial charge in [-0.2, -0.15) is 0 Å². The zero-order valence-electron chi connectivity index (χ0n) is 18.3. The van der Waals surface area contributed by atoms with Crippen molar-refractivity contribution in [3.05, 3.63) is 57.7 Å². The van der Waals surface area contributed by atoms with Crippen LogP contribution in [0, 0.1) is 0 Å². The molecule has 31 heavy (non-hydrogen) atoms. The molecule has 2 aromatic carbocycles. The second kappa shape index (κ2) is 8.61. The van der Waals surface area contributed by atoms with Crippen LogP contribution in [-0.2, 0) is 0 Å². The molecule has 0 unspecified atom stereocenters. The van der Waals surface area contributed by atoms with Gasteiger partial charge < -0.3 is 10.2 Å². The lowest BCUT2D eigenvalue weighted by molar-refractivity contribution is 0.0277. The maximum absolute atomic E-state index is 13.3. The fraction of sp³-hybridized carbons (Fsp3) is 0.400. The largest absolute Gasteiger partial charge is 0.382 e. The molecule has 2 N–H and O–H groups in total. The molecule has 5 nitrogen and oxygen atoms in total. The third-order valence-electron chi connectivity index (χ3n) is 6.38. The number of benzene rings is 2. The van der Waals surface area contributed by atoms with Gasteiger partial charge in [-0.1, -0.05) is 27.7 Å². The van der Waals surface area contributed by atoms with Gasteiger partial charge in [-0.25, -0.2) is 0 Å². The van der Waals surface area contributed by atoms with E-state index in [1.54, 1.807) is 52.0 Å². The number of rotatable bonds is 8. The molecule has 0 radical (unpaired) electrons. The average molecular weight is 441 g/mol. The summed E-state index contributed by atoms with van der Waals surface area (Å²) < 4.78 is 1.45. The Balaban J connectivity index is 2.18. The van der Waals surface area contributed by atoms with Gasteiger partial charge in [0, 0.05) is 31.3 Å². The number of fused-ring (bicyclic) bond motifs is 2. The van der Waals surface area contributed by atoms with Crippen molar-refractivity contribution < 1.29 is 19.8 Å². The lowest BCUT2D eigenvalue weighted by Crippen LogP contribution is -2.37. The summed E-state index contributed by atoms with van der Waals surface area (Å²) in [5.41, 5.74) is -2.61. The number of Topliss-reactive ketones (excluding diaryl/α,β-unsaturated/α-hetero) is 2. The van der Waals surface area contributed by atoms with Gasteiger partial charge in [0.15, 0.2) is 17.0 Å². The number of ketones is 2. The minimum Gasteiger partial charge on any atom is -0.382 e. The summed E-state index contributed by atoms with van der Waals surface area (Å²) in [6.45, 7) is 7.01. The first kappa shape index (κ1) is 23.3. The Morgan fingerprint density at radius 3 is 1.42 bits per heavy atom. The third-order valence-corrected chi connectivity index (χ3v) is 7.53. The third kappa shape index (κ3) is 3.95. The Hall–Kier alpha value is -2.41. The summed E-state index contributed by atoms with van der Waals surface area (Å²) in [6.07, 6.45) is 1.14. The van der Waals surface area contributed by atoms with Crippen LogP contribution in [0.4, 0.5) is 0 Å². The van der Waals surface area contributed by atoms with Crippen molar-refractivity contribution in [1.82, 2.24) is 0 Å². The summed E-state index contributed by atoms with van der Waals surface area (Å²) in [5.74, 6) is -0.799. The molecule has 164 valence electrons. The van der Waals surface area contributed by atoms with Gasteiger partial charge in [0.2, 0.25) is 0 Å². The van der Waals surface area contributed by atoms with Gasteiger partial charge >= 0.3 is 0 Å². The Labute approximate surface area is 185 Å². The number of aliphatic hydroxyl groups is 2. The van der Waals surface area contributed by atoms with Crippen molar-refractivity contribution in [1.29, 1.82) is 0 Å². The van der Waals surface area contributed by atoms with E-state index in [0.717, 1.165) is 9.40 Å². The van der Waals surface area contributed by atoms with E-state index in [2.05, 4.69) is 0 Å². The SMILES string of the molecule is CCC(O)(CC)C(=O)c1ccc2sc3ccc(C(=O)C(O)(CC)CC)cc3c(=O)c2c1. The highest BCUT2D eigenvalue weighted by Crippen LogP contribution is 2.30. The predicted molar refractivity (Wildman–Crippen MR) is 125 cm³/mol. The fourth-order valence-electron chi connectivity index (χ4n) is 3.82. The molecule has 0 saturated carbocycles. The van der Waals surface area contributed by atoms with E-state index in [0.29, 0.717) is 21.9 Å². The molecular formula is C25H28O5S. The summed E-state index contributed by atoms with van der Waals surface area (Å²) in [6, 6.07) is 9.81. The molecular weight excluding hydrogens is 412 g/mol. The number of carbonyl (C=O) groups excluding carboxylic acids is 2. The molecule has 1 aromatic heterocycles. The zero-order chi connectivity index (χ0) is 23.0. The fourth-order valence-corrected chi connectivity index (χ4v) is 4.85. The van der Waals surface area contributed by atoms with E-state index in [1.807, 2.05) is 0 Å². The Kier molecular flexibility index (Phi) is 6.46. The molecule has 0 saturated heterocycles. The first-order valence-corrected chi connectivity index (χ1v) is 11.5. The van der Waals surface area contributed by atoms with E-state index < -0.39 is 22.8 Å². The van der Waals surface area contributed by atoms with Gasteiger partial charge in [0.05, 0.1) is 0 Å². The number of carbonyl (C=O) groups is 2. The maximum atomic E-state index is 13.3. The predicted octanol–water partition coefficient (Wildman–Crippen LogP) is 4.88. The van der Waals surface area contributed by atoms with Crippen molar-refractivity contribution in [3.8, 4) is 0 Å². The van der Waals surface area contributed by atoms with E-state index >= 15 is 0 Å². The minimum absolute atomic E-state index is 0.277. The van der Waals surface area contributed by atoms with E-state index in [9.17, 15) is 24.6 Å². The Bertz CT molecular complexity index is 1120. The van der Waals surface area contributed by atoms with E-state index in [1.165, 1.54) is 23.5 Å². The first-order chi connectivity index (χ1) is 14.6. The van der Waals surface area contributed by atoms with Crippen molar-refractivity contribution in [2.45, 2.75) is 64.6 Å². The highest BCUT2D eigenvalue weighted by atomic mass is 32.1. The first-order valence-electron chi connectivity index (χ1n) is 10.7. The standard InChI is InChI=1S/C25H28O5S/c1-5-24(29,6-2)22(27)15-9-11-19-17(13-15)21(26)18-14-16(10-12-20(18)31-19)23(28)25(30,7-3)8-4/h9-14,29-30H,5-8H2,1-4H3. The lowest BCUT2D eigenvalue weighted by Gasteiger charge is -2.23. The molecule has 0 spiro atoms. The molecule has 0 aliphatic carbocycles. The summed E-state index contributed by atoms with van der Waals surface area (Å²) >= 11 is 1.40. The molecule has 0 atom stereocenters. The van der Waals surface area contributed by atoms with Crippen LogP contribution in [0.25, 0.3) is 20.2 Å². The molecule has 3 aromatic rings. The second-order valence-electron chi connectivity index (χ2n) is 7.99. The Morgan fingerprint density at radius 1 is 0.742 bits per heavy atom. The zero-order valence-corrected chi connectivity index (χ0v) is 19.1. The molecule has 0 aliphatic rings. The molecule has 6 heteroatoms. The van der Waals surface area contributed by atoms with Crippen LogP contribution in [-0.4, -0.2) is 33.0 Å². The molecule has 3 rings (SSSR count). The minimum atomic E-state index is -1.46. The van der Waals surface area contributed by atoms with Crippen molar-refractivity contribution in [3.63, 3.8) is 0 Å². The van der Waals surface area contributed by atoms with Crippen LogP contribution in [0.3, 0.4) is 0 Å². The molecule has 0 amide bonds. The smallest absolute Gasteiger partial charge is 0.195 e. The second-order valence-corrected chi connectivity index (χ2v) is 9.07. The van der Waals surface area contributed by atoms with Crippen LogP contribution in [0.2, 0.25) is 0 Å². The Morgan fingerprint density at radius 2 is 1.10 bits per heavy atom. The van der Waals surface area contributed by atoms with Crippen molar-refractivity contribution in [2.24, 2.45) is 0 Å². The van der Waals surface area contributed by atoms with Gasteiger partial charge in [-0.15, -0.1) is 11.3 Å². The van der Waals surface area contributed by atoms with E-state index in [-0.39, 0.29) is 31.1 Å². The topological polar surface area (TPSA) is 91.7 Å². The highest BCUT2D eigenvalue weighted by molar-refractivity contribution is 7.24. The monoisotopic (exact) mass is 440 g/mol. The average Bonchev–Trinajstić information content (AvgIpc) is 2.81. The highest BCUT2D eigenvalue weighted by Gasteiger charge is 2.34. The van der Waals surface area contributed by atoms with E-state index in [4.69, 9.17) is 0 Å². The van der Waals surface area contributed by atoms with Crippen LogP contribution in [0.15, 0.2) is 41.2 Å². The number of hydrogen-bond donors (Lipinski definition) is 2. The van der Waals surface area contributed by atoms with Crippen molar-refractivity contribution >= 4 is 43.1 Å². The van der Waals surface area contributed by atoms with Crippen LogP contribution in [0.5, 0.6) is 0 Å². The summed E-state index contributed by atoms with van der Waals surface area (Å²) in [7, 11) is 0. The molecule has 0 bridgehead atoms. The molecule has 1 heterocycles. The van der Waals surface area contributed by atoms with Crippen molar-refractivity contribution in [2.75, 3.05) is 0 Å². The summed E-state index contributed by atoms with van der Waals surface area (Å²) in [5, 5.41) is 22.0. The van der Waals surface area contributed by atoms with Gasteiger partial charge in [0.25, 0.3) is 0 Å². The molecule has 0 fully saturated rings. The van der Waals surface area contributed by atoms with Gasteiger partial charge in [0.1, 0.15) is 11.2 Å². The maximum Gasteiger partial charge on any atom is 0.195 e. The molecule has 0 aliphatic heterocycles. The lowest BCUT2D eigenvalue weighted by atomic mass is 9.87. The van der Waals surface area contributed by atoms with Gasteiger partial charge in [-0.05, 0) is 62.1 Å². The van der Waals surface area contributed by atoms with Crippen LogP contribution < -0.4 is 5.43 Å². The quantitative estimate of drug-likeness (QED) is 0.385.